The second kappa shape index (κ2) is 12.6. The number of benzene rings is 1. The van der Waals surface area contributed by atoms with E-state index in [4.69, 9.17) is 29.0 Å². The number of anilines is 1. The molecule has 0 spiro atoms. The smallest absolute Gasteiger partial charge is 0.397 e. The first kappa shape index (κ1) is 31.2. The van der Waals surface area contributed by atoms with Gasteiger partial charge in [-0.15, -0.1) is 0 Å². The van der Waals surface area contributed by atoms with E-state index in [9.17, 15) is 29.3 Å². The van der Waals surface area contributed by atoms with Crippen molar-refractivity contribution in [1.82, 2.24) is 24.1 Å². The molecule has 2 saturated heterocycles. The second-order valence-electron chi connectivity index (χ2n) is 10.5. The standard InChI is InChI=1S/C27H31N6O11P/c1-40-23-22(35)19(43-26(23)33-13-30-21-16(28)7-8-29-24(21)33)12-41-45(38,39)44-17-9-20(42-18(17)11-34)32-10-15(25(36)31-27(32)37)14-5-3-2-4-6-14/h2-8,10,13,17-20,22-23,26,34-35H,9,11-12H2,1H3,(H2,28,29)(H,38,39)(H,31,36,37)/t17-,18-,19-,20-,22+,23?,26-/m1/s1. The van der Waals surface area contributed by atoms with Crippen molar-refractivity contribution in [1.29, 1.82) is 0 Å². The van der Waals surface area contributed by atoms with Gasteiger partial charge in [0.1, 0.15) is 42.3 Å². The highest BCUT2D eigenvalue weighted by molar-refractivity contribution is 7.47. The third-order valence-corrected chi connectivity index (χ3v) is 8.76. The minimum absolute atomic E-state index is 0.139. The number of H-pyrrole nitrogens is 1. The molecule has 0 saturated carbocycles. The van der Waals surface area contributed by atoms with Crippen LogP contribution in [-0.2, 0) is 27.8 Å². The Morgan fingerprint density at radius 3 is 2.64 bits per heavy atom. The summed E-state index contributed by atoms with van der Waals surface area (Å²) in [5.74, 6) is 0. The lowest BCUT2D eigenvalue weighted by Gasteiger charge is -2.21. The molecule has 6 N–H and O–H groups in total. The number of fused-ring (bicyclic) bond motifs is 1. The first-order chi connectivity index (χ1) is 21.6. The molecule has 3 aromatic heterocycles. The highest BCUT2D eigenvalue weighted by Crippen LogP contribution is 2.49. The SMILES string of the molecule is COC1[C@@H](O)[C@@H](COP(=O)(O)O[C@@H]2C[C@H](n3cc(-c4ccccc4)c(=O)[nH]c3=O)O[C@@H]2CO)O[C@H]1n1cnc2c(N)ccnc21. The number of hydrogen-bond donors (Lipinski definition) is 5. The Bertz CT molecular complexity index is 1830. The maximum absolute atomic E-state index is 13.0. The number of imidazole rings is 1. The molecule has 18 heteroatoms. The summed E-state index contributed by atoms with van der Waals surface area (Å²) in [7, 11) is -3.46. The average Bonchev–Trinajstić information content (AvgIpc) is 3.71. The molecule has 5 heterocycles. The number of aliphatic hydroxyl groups is 2. The van der Waals surface area contributed by atoms with E-state index in [0.29, 0.717) is 22.4 Å². The number of pyridine rings is 1. The predicted octanol–water partition coefficient (Wildman–Crippen LogP) is 0.286. The van der Waals surface area contributed by atoms with Crippen LogP contribution >= 0.6 is 7.82 Å². The zero-order chi connectivity index (χ0) is 31.9. The summed E-state index contributed by atoms with van der Waals surface area (Å²) in [4.78, 5) is 46.5. The molecule has 240 valence electrons. The summed E-state index contributed by atoms with van der Waals surface area (Å²) in [6.45, 7) is -1.18. The topological polar surface area (TPSA) is 236 Å². The van der Waals surface area contributed by atoms with Crippen LogP contribution in [0, 0.1) is 0 Å². The third kappa shape index (κ3) is 6.09. The van der Waals surface area contributed by atoms with E-state index in [2.05, 4.69) is 15.0 Å². The lowest BCUT2D eigenvalue weighted by atomic mass is 10.1. The van der Waals surface area contributed by atoms with E-state index in [-0.39, 0.29) is 12.0 Å². The molecule has 2 aliphatic heterocycles. The van der Waals surface area contributed by atoms with Crippen molar-refractivity contribution in [2.24, 2.45) is 0 Å². The number of nitrogens with one attached hydrogen (secondary N) is 1. The van der Waals surface area contributed by atoms with E-state index in [1.54, 1.807) is 36.4 Å². The molecule has 4 aromatic rings. The van der Waals surface area contributed by atoms with Crippen LogP contribution in [0.15, 0.2) is 64.7 Å². The third-order valence-electron chi connectivity index (χ3n) is 7.74. The molecule has 2 unspecified atom stereocenters. The average molecular weight is 647 g/mol. The Morgan fingerprint density at radius 1 is 1.13 bits per heavy atom. The molecule has 0 amide bonds. The normalized spacial score (nSPS) is 28.0. The molecule has 0 bridgehead atoms. The maximum atomic E-state index is 13.0. The summed E-state index contributed by atoms with van der Waals surface area (Å²) < 4.78 is 43.4. The number of phosphoric acid groups is 1. The number of nitrogens with two attached hydrogens (primary N) is 1. The Kier molecular flexibility index (Phi) is 8.71. The van der Waals surface area contributed by atoms with Crippen molar-refractivity contribution in [3.05, 3.63) is 76.0 Å². The van der Waals surface area contributed by atoms with Gasteiger partial charge in [-0.3, -0.25) is 28.0 Å². The van der Waals surface area contributed by atoms with Gasteiger partial charge in [-0.1, -0.05) is 30.3 Å². The highest BCUT2D eigenvalue weighted by atomic mass is 31.2. The predicted molar refractivity (Wildman–Crippen MR) is 156 cm³/mol. The van der Waals surface area contributed by atoms with Crippen molar-refractivity contribution in [3.8, 4) is 11.1 Å². The van der Waals surface area contributed by atoms with Gasteiger partial charge in [0.25, 0.3) is 5.56 Å². The number of aliphatic hydroxyl groups excluding tert-OH is 2. The first-order valence-corrected chi connectivity index (χ1v) is 15.4. The van der Waals surface area contributed by atoms with E-state index in [0.717, 1.165) is 4.57 Å². The molecular weight excluding hydrogens is 615 g/mol. The minimum Gasteiger partial charge on any atom is -0.397 e. The fourth-order valence-corrected chi connectivity index (χ4v) is 6.47. The summed E-state index contributed by atoms with van der Waals surface area (Å²) in [6.07, 6.45) is -3.47. The Morgan fingerprint density at radius 2 is 1.91 bits per heavy atom. The zero-order valence-electron chi connectivity index (χ0n) is 23.8. The fourth-order valence-electron chi connectivity index (χ4n) is 5.51. The van der Waals surface area contributed by atoms with Crippen LogP contribution < -0.4 is 17.0 Å². The Balaban J connectivity index is 1.14. The molecular formula is C27H31N6O11P. The molecule has 0 aliphatic carbocycles. The van der Waals surface area contributed by atoms with Crippen molar-refractivity contribution in [2.45, 2.75) is 49.4 Å². The molecule has 2 fully saturated rings. The maximum Gasteiger partial charge on any atom is 0.472 e. The molecule has 8 atom stereocenters. The number of rotatable bonds is 10. The summed E-state index contributed by atoms with van der Waals surface area (Å²) >= 11 is 0. The summed E-state index contributed by atoms with van der Waals surface area (Å²) in [5, 5.41) is 20.8. The van der Waals surface area contributed by atoms with Gasteiger partial charge in [0.15, 0.2) is 11.9 Å². The second-order valence-corrected chi connectivity index (χ2v) is 11.9. The summed E-state index contributed by atoms with van der Waals surface area (Å²) in [5.41, 5.74) is 6.56. The van der Waals surface area contributed by atoms with E-state index in [1.807, 2.05) is 0 Å². The molecule has 0 radical (unpaired) electrons. The number of phosphoric ester groups is 1. The monoisotopic (exact) mass is 646 g/mol. The molecule has 2 aliphatic rings. The van der Waals surface area contributed by atoms with Crippen molar-refractivity contribution < 1.29 is 42.9 Å². The first-order valence-electron chi connectivity index (χ1n) is 13.9. The quantitative estimate of drug-likeness (QED) is 0.146. The van der Waals surface area contributed by atoms with Crippen molar-refractivity contribution in [2.75, 3.05) is 26.1 Å². The number of aromatic amines is 1. The van der Waals surface area contributed by atoms with E-state index in [1.165, 1.54) is 30.4 Å². The largest absolute Gasteiger partial charge is 0.472 e. The van der Waals surface area contributed by atoms with Gasteiger partial charge >= 0.3 is 13.5 Å². The van der Waals surface area contributed by atoms with Crippen LogP contribution in [0.5, 0.6) is 0 Å². The van der Waals surface area contributed by atoms with E-state index < -0.39 is 75.3 Å². The van der Waals surface area contributed by atoms with Crippen molar-refractivity contribution in [3.63, 3.8) is 0 Å². The highest BCUT2D eigenvalue weighted by Gasteiger charge is 2.47. The van der Waals surface area contributed by atoms with Crippen LogP contribution in [0.25, 0.3) is 22.3 Å². The van der Waals surface area contributed by atoms with Gasteiger partial charge < -0.3 is 35.1 Å². The lowest BCUT2D eigenvalue weighted by molar-refractivity contribution is -0.0627. The van der Waals surface area contributed by atoms with Crippen LogP contribution in [0.2, 0.25) is 0 Å². The number of nitrogens with zero attached hydrogens (tertiary/aromatic N) is 4. The van der Waals surface area contributed by atoms with Crippen LogP contribution in [0.4, 0.5) is 5.69 Å². The van der Waals surface area contributed by atoms with Crippen LogP contribution in [0.3, 0.4) is 0 Å². The van der Waals surface area contributed by atoms with Gasteiger partial charge in [0, 0.05) is 25.9 Å². The van der Waals surface area contributed by atoms with Gasteiger partial charge in [0.05, 0.1) is 30.8 Å². The van der Waals surface area contributed by atoms with Gasteiger partial charge in [-0.05, 0) is 11.6 Å². The number of ether oxygens (including phenoxy) is 3. The van der Waals surface area contributed by atoms with Crippen LogP contribution in [-0.4, -0.2) is 90.0 Å². The molecule has 1 aromatic carbocycles. The lowest BCUT2D eigenvalue weighted by Crippen LogP contribution is -2.35. The van der Waals surface area contributed by atoms with Crippen LogP contribution in [0.1, 0.15) is 18.9 Å². The number of hydrogen-bond acceptors (Lipinski definition) is 13. The van der Waals surface area contributed by atoms with E-state index >= 15 is 0 Å². The Hall–Kier alpha value is -3.77. The number of nitrogen functional groups attached to an aromatic ring is 1. The van der Waals surface area contributed by atoms with Gasteiger partial charge in [-0.25, -0.2) is 19.3 Å². The zero-order valence-corrected chi connectivity index (χ0v) is 24.7. The fraction of sp³-hybridized carbons (Fsp3) is 0.407. The molecule has 45 heavy (non-hydrogen) atoms. The van der Waals surface area contributed by atoms with Gasteiger partial charge in [0.2, 0.25) is 0 Å². The molecule has 17 nitrogen and oxygen atoms in total. The molecule has 6 rings (SSSR count). The van der Waals surface area contributed by atoms with Crippen molar-refractivity contribution >= 4 is 24.7 Å². The number of aromatic nitrogens is 5. The Labute approximate surface area is 254 Å². The minimum atomic E-state index is -4.84. The van der Waals surface area contributed by atoms with Gasteiger partial charge in [-0.2, -0.15) is 0 Å². The summed E-state index contributed by atoms with van der Waals surface area (Å²) in [6, 6.07) is 10.2. The number of methoxy groups -OCH3 is 1.